The van der Waals surface area contributed by atoms with Crippen LogP contribution in [0.2, 0.25) is 0 Å². The van der Waals surface area contributed by atoms with Crippen molar-refractivity contribution in [1.82, 2.24) is 0 Å². The molecule has 1 aromatic rings. The van der Waals surface area contributed by atoms with Crippen LogP contribution in [0.4, 0.5) is 0 Å². The highest BCUT2D eigenvalue weighted by Crippen LogP contribution is 2.62. The lowest BCUT2D eigenvalue weighted by atomic mass is 9.68. The van der Waals surface area contributed by atoms with Crippen LogP contribution in [-0.2, 0) is 4.74 Å². The fraction of sp³-hybridized carbons (Fsp3) is 0.650. The highest BCUT2D eigenvalue weighted by Gasteiger charge is 2.61. The van der Waals surface area contributed by atoms with Crippen LogP contribution in [0.3, 0.4) is 0 Å². The SMILES string of the molecule is CCCC(=O)c1c(O)cc2c(c1O)[C@H]1CCC[C@]3(O2)OC(C)(C)C[C@@H]13. The number of ketones is 1. The van der Waals surface area contributed by atoms with Gasteiger partial charge in [0.15, 0.2) is 5.78 Å². The molecule has 2 N–H and O–H groups in total. The van der Waals surface area contributed by atoms with E-state index in [-0.39, 0.29) is 40.3 Å². The fourth-order valence-corrected chi connectivity index (χ4v) is 5.12. The van der Waals surface area contributed by atoms with Crippen molar-refractivity contribution in [2.24, 2.45) is 5.92 Å². The van der Waals surface area contributed by atoms with Gasteiger partial charge in [0.05, 0.1) is 5.60 Å². The summed E-state index contributed by atoms with van der Waals surface area (Å²) in [5.74, 6) is -0.495. The molecule has 4 rings (SSSR count). The van der Waals surface area contributed by atoms with Crippen LogP contribution >= 0.6 is 0 Å². The summed E-state index contributed by atoms with van der Waals surface area (Å²) >= 11 is 0. The van der Waals surface area contributed by atoms with Crippen LogP contribution in [0.5, 0.6) is 17.2 Å². The number of phenolic OH excluding ortho intramolecular Hbond substituents is 2. The van der Waals surface area contributed by atoms with Crippen LogP contribution in [0, 0.1) is 5.92 Å². The van der Waals surface area contributed by atoms with Crippen molar-refractivity contribution >= 4 is 5.78 Å². The number of phenols is 2. The topological polar surface area (TPSA) is 76.0 Å². The van der Waals surface area contributed by atoms with Crippen LogP contribution in [0.25, 0.3) is 0 Å². The van der Waals surface area contributed by atoms with Gasteiger partial charge in [0.25, 0.3) is 0 Å². The largest absolute Gasteiger partial charge is 0.507 e. The Bertz CT molecular complexity index is 738. The normalized spacial score (nSPS) is 31.8. The van der Waals surface area contributed by atoms with Crippen molar-refractivity contribution in [3.63, 3.8) is 0 Å². The zero-order valence-electron chi connectivity index (χ0n) is 15.1. The summed E-state index contributed by atoms with van der Waals surface area (Å²) in [6, 6.07) is 1.49. The Balaban J connectivity index is 1.85. The zero-order valence-corrected chi connectivity index (χ0v) is 15.1. The molecular formula is C20H26O5. The highest BCUT2D eigenvalue weighted by atomic mass is 16.7. The molecule has 3 atom stereocenters. The predicted octanol–water partition coefficient (Wildman–Crippen LogP) is 4.25. The molecular weight excluding hydrogens is 320 g/mol. The first-order valence-electron chi connectivity index (χ1n) is 9.29. The van der Waals surface area contributed by atoms with E-state index in [9.17, 15) is 15.0 Å². The maximum absolute atomic E-state index is 12.4. The number of hydrogen-bond donors (Lipinski definition) is 2. The van der Waals surface area contributed by atoms with Gasteiger partial charge < -0.3 is 19.7 Å². The quantitative estimate of drug-likeness (QED) is 0.800. The van der Waals surface area contributed by atoms with E-state index in [1.807, 2.05) is 6.92 Å². The minimum Gasteiger partial charge on any atom is -0.507 e. The Morgan fingerprint density at radius 1 is 1.36 bits per heavy atom. The van der Waals surface area contributed by atoms with Crippen molar-refractivity contribution in [2.45, 2.75) is 76.6 Å². The Labute approximate surface area is 148 Å². The smallest absolute Gasteiger partial charge is 0.214 e. The molecule has 5 heteroatoms. The predicted molar refractivity (Wildman–Crippen MR) is 92.2 cm³/mol. The molecule has 25 heavy (non-hydrogen) atoms. The summed E-state index contributed by atoms with van der Waals surface area (Å²) in [7, 11) is 0. The molecule has 1 aliphatic carbocycles. The van der Waals surface area contributed by atoms with Crippen molar-refractivity contribution in [1.29, 1.82) is 0 Å². The van der Waals surface area contributed by atoms with E-state index in [1.54, 1.807) is 0 Å². The van der Waals surface area contributed by atoms with E-state index in [4.69, 9.17) is 9.47 Å². The van der Waals surface area contributed by atoms with Gasteiger partial charge >= 0.3 is 0 Å². The first-order valence-corrected chi connectivity index (χ1v) is 9.29. The van der Waals surface area contributed by atoms with Gasteiger partial charge in [-0.25, -0.2) is 0 Å². The second kappa shape index (κ2) is 5.37. The fourth-order valence-electron chi connectivity index (χ4n) is 5.12. The van der Waals surface area contributed by atoms with Crippen molar-refractivity contribution < 1.29 is 24.5 Å². The molecule has 0 spiro atoms. The Morgan fingerprint density at radius 3 is 2.84 bits per heavy atom. The number of fused-ring (bicyclic) bond motifs is 2. The monoisotopic (exact) mass is 346 g/mol. The average Bonchev–Trinajstić information content (AvgIpc) is 2.77. The van der Waals surface area contributed by atoms with Gasteiger partial charge in [-0.1, -0.05) is 6.92 Å². The lowest BCUT2D eigenvalue weighted by Crippen LogP contribution is -2.50. The summed E-state index contributed by atoms with van der Waals surface area (Å²) in [5, 5.41) is 21.2. The van der Waals surface area contributed by atoms with E-state index in [0.717, 1.165) is 25.7 Å². The maximum Gasteiger partial charge on any atom is 0.214 e. The number of benzene rings is 1. The molecule has 3 aliphatic rings. The molecule has 1 aromatic carbocycles. The first-order chi connectivity index (χ1) is 11.8. The maximum atomic E-state index is 12.4. The third kappa shape index (κ3) is 2.35. The Morgan fingerprint density at radius 2 is 2.12 bits per heavy atom. The highest BCUT2D eigenvalue weighted by molar-refractivity contribution is 6.02. The molecule has 2 heterocycles. The lowest BCUT2D eigenvalue weighted by molar-refractivity contribution is -0.234. The Kier molecular flexibility index (Phi) is 3.59. The molecule has 0 unspecified atom stereocenters. The van der Waals surface area contributed by atoms with Crippen molar-refractivity contribution in [3.05, 3.63) is 17.2 Å². The molecule has 0 amide bonds. The number of carbonyl (C=O) groups excluding carboxylic acids is 1. The summed E-state index contributed by atoms with van der Waals surface area (Å²) < 4.78 is 12.6. The van der Waals surface area contributed by atoms with Crippen molar-refractivity contribution in [3.8, 4) is 17.2 Å². The lowest BCUT2D eigenvalue weighted by Gasteiger charge is -2.47. The third-order valence-corrected chi connectivity index (χ3v) is 5.94. The second-order valence-corrected chi connectivity index (χ2v) is 8.29. The van der Waals surface area contributed by atoms with E-state index < -0.39 is 5.79 Å². The summed E-state index contributed by atoms with van der Waals surface area (Å²) in [5.41, 5.74) is 0.438. The number of carbonyl (C=O) groups is 1. The summed E-state index contributed by atoms with van der Waals surface area (Å²) in [6.07, 6.45) is 4.53. The molecule has 1 saturated carbocycles. The number of ether oxygens (including phenoxy) is 2. The van der Waals surface area contributed by atoms with Gasteiger partial charge in [-0.2, -0.15) is 0 Å². The van der Waals surface area contributed by atoms with E-state index in [1.165, 1.54) is 6.07 Å². The molecule has 136 valence electrons. The summed E-state index contributed by atoms with van der Waals surface area (Å²) in [4.78, 5) is 12.4. The van der Waals surface area contributed by atoms with Gasteiger partial charge in [-0.3, -0.25) is 4.79 Å². The molecule has 2 fully saturated rings. The van der Waals surface area contributed by atoms with E-state index in [2.05, 4.69) is 13.8 Å². The molecule has 2 bridgehead atoms. The standard InChI is InChI=1S/C20H26O5/c1-4-6-13(21)17-14(22)9-15-16(18(17)23)11-7-5-8-20(24-15)12(11)10-19(2,3)25-20/h9,11-12,22-23H,4-8,10H2,1-3H3/t11-,12-,20-/m0/s1. The Hall–Kier alpha value is -1.75. The number of aromatic hydroxyl groups is 2. The van der Waals surface area contributed by atoms with E-state index >= 15 is 0 Å². The molecule has 0 aromatic heterocycles. The number of hydrogen-bond acceptors (Lipinski definition) is 5. The average molecular weight is 346 g/mol. The molecule has 1 saturated heterocycles. The minimum atomic E-state index is -0.673. The molecule has 5 nitrogen and oxygen atoms in total. The molecule has 0 radical (unpaired) electrons. The van der Waals surface area contributed by atoms with Gasteiger partial charge in [-0.15, -0.1) is 0 Å². The van der Waals surface area contributed by atoms with Crippen LogP contribution in [0.15, 0.2) is 6.07 Å². The number of rotatable bonds is 3. The van der Waals surface area contributed by atoms with E-state index in [0.29, 0.717) is 24.2 Å². The molecule has 2 aliphatic heterocycles. The van der Waals surface area contributed by atoms with Gasteiger partial charge in [0.2, 0.25) is 5.79 Å². The van der Waals surface area contributed by atoms with Gasteiger partial charge in [0.1, 0.15) is 22.8 Å². The minimum absolute atomic E-state index is 0.0421. The van der Waals surface area contributed by atoms with Crippen molar-refractivity contribution in [2.75, 3.05) is 0 Å². The van der Waals surface area contributed by atoms with Gasteiger partial charge in [-0.05, 0) is 39.5 Å². The van der Waals surface area contributed by atoms with Crippen LogP contribution in [-0.4, -0.2) is 27.4 Å². The number of Topliss-reactive ketones (excluding diaryl/α,β-unsaturated/α-hetero) is 1. The summed E-state index contributed by atoms with van der Waals surface area (Å²) in [6.45, 7) is 6.04. The van der Waals surface area contributed by atoms with Gasteiger partial charge in [0, 0.05) is 36.3 Å². The second-order valence-electron chi connectivity index (χ2n) is 8.29. The third-order valence-electron chi connectivity index (χ3n) is 5.94. The first kappa shape index (κ1) is 16.7. The zero-order chi connectivity index (χ0) is 18.0. The van der Waals surface area contributed by atoms with Crippen LogP contribution < -0.4 is 4.74 Å². The van der Waals surface area contributed by atoms with Crippen LogP contribution in [0.1, 0.15) is 81.1 Å².